The molecule has 0 aliphatic carbocycles. The molecular weight excluding hydrogens is 622 g/mol. The Morgan fingerprint density at radius 1 is 0.878 bits per heavy atom. The van der Waals surface area contributed by atoms with Gasteiger partial charge in [-0.1, -0.05) is 18.2 Å². The molecule has 1 heterocycles. The number of carbonyl (C=O) groups excluding carboxylic acids is 2. The number of carbonyl (C=O) groups is 2. The summed E-state index contributed by atoms with van der Waals surface area (Å²) in [6.07, 6.45) is 1.73. The van der Waals surface area contributed by atoms with Gasteiger partial charge in [0.1, 0.15) is 13.2 Å². The summed E-state index contributed by atoms with van der Waals surface area (Å²) in [5.74, 6) is 1.95. The molecule has 4 N–H and O–H groups in total. The van der Waals surface area contributed by atoms with Crippen molar-refractivity contribution >= 4 is 34.9 Å². The van der Waals surface area contributed by atoms with Crippen molar-refractivity contribution in [3.05, 3.63) is 94.5 Å². The maximum atomic E-state index is 12.5. The third kappa shape index (κ3) is 8.36. The van der Waals surface area contributed by atoms with Crippen LogP contribution in [0.2, 0.25) is 0 Å². The van der Waals surface area contributed by atoms with Crippen LogP contribution in [0.25, 0.3) is 0 Å². The van der Waals surface area contributed by atoms with E-state index in [9.17, 15) is 9.59 Å². The first-order chi connectivity index (χ1) is 23.8. The van der Waals surface area contributed by atoms with Gasteiger partial charge in [-0.05, 0) is 79.0 Å². The van der Waals surface area contributed by atoms with Crippen LogP contribution < -0.4 is 45.1 Å². The van der Waals surface area contributed by atoms with Crippen molar-refractivity contribution in [3.63, 3.8) is 0 Å². The van der Waals surface area contributed by atoms with Crippen LogP contribution in [0, 0.1) is 6.92 Å². The first-order valence-electron chi connectivity index (χ1n) is 16.2. The molecule has 0 radical (unpaired) electrons. The summed E-state index contributed by atoms with van der Waals surface area (Å²) in [4.78, 5) is 26.8. The van der Waals surface area contributed by atoms with Crippen molar-refractivity contribution in [2.24, 2.45) is 0 Å². The molecule has 1 aliphatic rings. The third-order valence-electron chi connectivity index (χ3n) is 8.61. The predicted molar refractivity (Wildman–Crippen MR) is 194 cm³/mol. The van der Waals surface area contributed by atoms with Gasteiger partial charge in [0.2, 0.25) is 5.91 Å². The van der Waals surface area contributed by atoms with E-state index in [0.29, 0.717) is 46.5 Å². The fraction of sp³-hybridized carbons (Fsp3) is 0.316. The van der Waals surface area contributed by atoms with Crippen molar-refractivity contribution < 1.29 is 28.5 Å². The predicted octanol–water partition coefficient (Wildman–Crippen LogP) is 5.66. The van der Waals surface area contributed by atoms with Crippen molar-refractivity contribution in [1.29, 1.82) is 0 Å². The number of benzene rings is 4. The molecule has 0 aromatic heterocycles. The van der Waals surface area contributed by atoms with Crippen LogP contribution in [0.4, 0.5) is 22.7 Å². The second kappa shape index (κ2) is 16.1. The largest absolute Gasteiger partial charge is 0.493 e. The van der Waals surface area contributed by atoms with Crippen molar-refractivity contribution in [1.82, 2.24) is 5.32 Å². The van der Waals surface area contributed by atoms with Crippen LogP contribution >= 0.6 is 0 Å². The molecule has 49 heavy (non-hydrogen) atoms. The molecule has 4 aromatic rings. The molecule has 1 atom stereocenters. The van der Waals surface area contributed by atoms with E-state index >= 15 is 0 Å². The molecule has 0 saturated heterocycles. The lowest BCUT2D eigenvalue weighted by molar-refractivity contribution is -0.115. The van der Waals surface area contributed by atoms with Gasteiger partial charge >= 0.3 is 0 Å². The monoisotopic (exact) mass is 667 g/mol. The Morgan fingerprint density at radius 3 is 2.14 bits per heavy atom. The number of rotatable bonds is 16. The second-order valence-electron chi connectivity index (χ2n) is 11.9. The van der Waals surface area contributed by atoms with Crippen LogP contribution in [-0.4, -0.2) is 66.7 Å². The molecule has 0 saturated carbocycles. The number of aldehydes is 1. The number of amides is 1. The Morgan fingerprint density at radius 2 is 1.53 bits per heavy atom. The van der Waals surface area contributed by atoms with Crippen LogP contribution in [-0.2, 0) is 24.4 Å². The first-order valence-corrected chi connectivity index (χ1v) is 16.2. The topological polar surface area (TPSA) is 122 Å². The Bertz CT molecular complexity index is 1800. The maximum Gasteiger partial charge on any atom is 0.238 e. The fourth-order valence-electron chi connectivity index (χ4n) is 6.04. The normalized spacial score (nSPS) is 13.3. The molecule has 1 aliphatic heterocycles. The molecule has 258 valence electrons. The molecule has 1 unspecified atom stereocenters. The Balaban J connectivity index is 1.35. The van der Waals surface area contributed by atoms with E-state index in [1.807, 2.05) is 50.4 Å². The number of likely N-dealkylation sites (N-methyl/N-ethyl adjacent to an activating group) is 2. The number of methoxy groups -OCH3 is 2. The SMILES string of the molecule is CNCC(=O)Nc1cc(COc2cc(NC)c(C)cc2OC)cc(COc2cc(NCC3Cc4ccccc4N3C)c(C=O)cc2OC)c1. The Hall–Kier alpha value is -5.42. The van der Waals surface area contributed by atoms with Gasteiger partial charge < -0.3 is 45.1 Å². The molecule has 4 aromatic carbocycles. The summed E-state index contributed by atoms with van der Waals surface area (Å²) in [6, 6.07) is 21.6. The summed E-state index contributed by atoms with van der Waals surface area (Å²) in [5, 5.41) is 12.5. The van der Waals surface area contributed by atoms with E-state index in [-0.39, 0.29) is 31.7 Å². The smallest absolute Gasteiger partial charge is 0.238 e. The zero-order valence-electron chi connectivity index (χ0n) is 28.9. The van der Waals surface area contributed by atoms with E-state index < -0.39 is 0 Å². The number of para-hydroxylation sites is 1. The van der Waals surface area contributed by atoms with Crippen LogP contribution in [0.15, 0.2) is 66.7 Å². The fourth-order valence-corrected chi connectivity index (χ4v) is 6.04. The zero-order chi connectivity index (χ0) is 34.9. The number of nitrogens with one attached hydrogen (secondary N) is 4. The van der Waals surface area contributed by atoms with E-state index in [1.54, 1.807) is 33.4 Å². The minimum absolute atomic E-state index is 0.164. The van der Waals surface area contributed by atoms with Gasteiger partial charge in [-0.3, -0.25) is 9.59 Å². The average molecular weight is 668 g/mol. The average Bonchev–Trinajstić information content (AvgIpc) is 3.43. The number of anilines is 4. The lowest BCUT2D eigenvalue weighted by Gasteiger charge is -2.24. The number of hydrogen-bond donors (Lipinski definition) is 4. The Labute approximate surface area is 287 Å². The van der Waals surface area contributed by atoms with Gasteiger partial charge in [0.25, 0.3) is 0 Å². The van der Waals surface area contributed by atoms with Crippen LogP contribution in [0.5, 0.6) is 23.0 Å². The van der Waals surface area contributed by atoms with Gasteiger partial charge in [0.05, 0.1) is 26.8 Å². The molecule has 1 amide bonds. The number of fused-ring (bicyclic) bond motifs is 1. The van der Waals surface area contributed by atoms with E-state index in [0.717, 1.165) is 35.1 Å². The number of hydrogen-bond acceptors (Lipinski definition) is 10. The first kappa shape index (κ1) is 34.9. The zero-order valence-corrected chi connectivity index (χ0v) is 28.9. The quantitative estimate of drug-likeness (QED) is 0.112. The number of nitrogens with zero attached hydrogens (tertiary/aromatic N) is 1. The summed E-state index contributed by atoms with van der Waals surface area (Å²) in [5.41, 5.74) is 7.86. The highest BCUT2D eigenvalue weighted by Crippen LogP contribution is 2.36. The summed E-state index contributed by atoms with van der Waals surface area (Å²) in [7, 11) is 8.82. The summed E-state index contributed by atoms with van der Waals surface area (Å²) in [6.45, 7) is 3.18. The standard InChI is InChI=1S/C38H45N5O6/c1-24-11-34(46-5)36(17-31(24)40-3)48-22-25-12-26(14-29(13-25)42-38(45)20-39-2)23-49-37-18-32(28(21-44)16-35(37)47-6)41-19-30-15-27-9-7-8-10-33(27)43(30)4/h7-14,16-18,21,30,39-41H,15,19-20,22-23H2,1-6H3,(H,42,45). The highest BCUT2D eigenvalue weighted by atomic mass is 16.5. The van der Waals surface area contributed by atoms with Gasteiger partial charge in [-0.25, -0.2) is 0 Å². The third-order valence-corrected chi connectivity index (χ3v) is 8.61. The molecular formula is C38H45N5O6. The number of ether oxygens (including phenoxy) is 4. The molecule has 11 nitrogen and oxygen atoms in total. The van der Waals surface area contributed by atoms with E-state index in [2.05, 4.69) is 51.4 Å². The molecule has 0 spiro atoms. The lowest BCUT2D eigenvalue weighted by Crippen LogP contribution is -2.34. The Kier molecular flexibility index (Phi) is 11.5. The van der Waals surface area contributed by atoms with Crippen LogP contribution in [0.1, 0.15) is 32.6 Å². The van der Waals surface area contributed by atoms with Gasteiger partial charge in [0.15, 0.2) is 29.3 Å². The second-order valence-corrected chi connectivity index (χ2v) is 11.9. The van der Waals surface area contributed by atoms with Crippen molar-refractivity contribution in [2.75, 3.05) is 69.3 Å². The van der Waals surface area contributed by atoms with Crippen LogP contribution in [0.3, 0.4) is 0 Å². The minimum Gasteiger partial charge on any atom is -0.493 e. The molecule has 0 bridgehead atoms. The van der Waals surface area contributed by atoms with E-state index in [4.69, 9.17) is 18.9 Å². The van der Waals surface area contributed by atoms with E-state index in [1.165, 1.54) is 11.3 Å². The van der Waals surface area contributed by atoms with Gasteiger partial charge in [-0.15, -0.1) is 0 Å². The summed E-state index contributed by atoms with van der Waals surface area (Å²) < 4.78 is 23.7. The van der Waals surface area contributed by atoms with Crippen molar-refractivity contribution in [3.8, 4) is 23.0 Å². The lowest BCUT2D eigenvalue weighted by atomic mass is 10.1. The highest BCUT2D eigenvalue weighted by molar-refractivity contribution is 5.92. The number of aryl methyl sites for hydroxylation is 1. The minimum atomic E-state index is -0.177. The maximum absolute atomic E-state index is 12.5. The molecule has 5 rings (SSSR count). The molecule has 0 fully saturated rings. The molecule has 11 heteroatoms. The highest BCUT2D eigenvalue weighted by Gasteiger charge is 2.26. The van der Waals surface area contributed by atoms with Gasteiger partial charge in [-0.2, -0.15) is 0 Å². The van der Waals surface area contributed by atoms with Gasteiger partial charge in [0, 0.05) is 61.1 Å². The van der Waals surface area contributed by atoms with Crippen molar-refractivity contribution in [2.45, 2.75) is 32.6 Å². The summed E-state index contributed by atoms with van der Waals surface area (Å²) >= 11 is 0.